The molecule has 2 aromatic carbocycles. The number of rotatable bonds is 10. The third-order valence-corrected chi connectivity index (χ3v) is 7.00. The van der Waals surface area contributed by atoms with E-state index in [0.29, 0.717) is 32.1 Å². The van der Waals surface area contributed by atoms with Crippen LogP contribution in [0.1, 0.15) is 10.4 Å². The Balaban J connectivity index is 1.93. The normalized spacial score (nSPS) is 14.4. The highest BCUT2D eigenvalue weighted by atomic mass is 32.2. The molecule has 13 heteroatoms. The number of ether oxygens (including phenoxy) is 3. The summed E-state index contributed by atoms with van der Waals surface area (Å²) in [6.45, 7) is 1.76. The van der Waals surface area contributed by atoms with E-state index in [1.54, 1.807) is 0 Å². The maximum Gasteiger partial charge on any atom is 0.270 e. The molecule has 0 bridgehead atoms. The van der Waals surface area contributed by atoms with Crippen molar-refractivity contribution >= 4 is 33.0 Å². The molecule has 1 aliphatic heterocycles. The number of methoxy groups -OCH3 is 2. The van der Waals surface area contributed by atoms with E-state index in [9.17, 15) is 23.3 Å². The van der Waals surface area contributed by atoms with Crippen molar-refractivity contribution in [2.75, 3.05) is 64.3 Å². The molecular weight excluding hydrogens is 468 g/mol. The maximum absolute atomic E-state index is 13.1. The lowest BCUT2D eigenvalue weighted by molar-refractivity contribution is -0.384. The lowest BCUT2D eigenvalue weighted by atomic mass is 10.1. The molecule has 0 aliphatic carbocycles. The third-order valence-electron chi connectivity index (χ3n) is 5.11. The van der Waals surface area contributed by atoms with Gasteiger partial charge in [-0.2, -0.15) is 4.31 Å². The predicted octanol–water partition coefficient (Wildman–Crippen LogP) is 1.93. The number of nitro benzene ring substituents is 1. The number of carbonyl (C=O) groups is 1. The van der Waals surface area contributed by atoms with E-state index >= 15 is 0 Å². The van der Waals surface area contributed by atoms with Crippen LogP contribution < -0.4 is 15.4 Å². The number of morpholine rings is 1. The minimum absolute atomic E-state index is 0.00814. The smallest absolute Gasteiger partial charge is 0.270 e. The fourth-order valence-electron chi connectivity index (χ4n) is 3.35. The summed E-state index contributed by atoms with van der Waals surface area (Å²) in [5.74, 6) is -0.448. The van der Waals surface area contributed by atoms with Gasteiger partial charge in [-0.25, -0.2) is 8.42 Å². The lowest BCUT2D eigenvalue weighted by Crippen LogP contribution is -2.40. The summed E-state index contributed by atoms with van der Waals surface area (Å²) in [7, 11) is -0.916. The Hall–Kier alpha value is -3.26. The van der Waals surface area contributed by atoms with E-state index in [4.69, 9.17) is 14.2 Å². The Morgan fingerprint density at radius 2 is 1.88 bits per heavy atom. The number of non-ortho nitro benzene ring substituents is 1. The van der Waals surface area contributed by atoms with Crippen LogP contribution >= 0.6 is 0 Å². The highest BCUT2D eigenvalue weighted by molar-refractivity contribution is 7.89. The van der Waals surface area contributed by atoms with Gasteiger partial charge < -0.3 is 24.8 Å². The zero-order valence-electron chi connectivity index (χ0n) is 18.8. The number of nitro groups is 1. The van der Waals surface area contributed by atoms with Crippen LogP contribution in [0.4, 0.5) is 17.1 Å². The number of hydrogen-bond acceptors (Lipinski definition) is 9. The first kappa shape index (κ1) is 25.4. The second kappa shape index (κ2) is 11.2. The van der Waals surface area contributed by atoms with Crippen molar-refractivity contribution in [1.29, 1.82) is 0 Å². The molecule has 1 fully saturated rings. The van der Waals surface area contributed by atoms with Crippen molar-refractivity contribution in [1.82, 2.24) is 4.31 Å². The Labute approximate surface area is 197 Å². The van der Waals surface area contributed by atoms with Crippen LogP contribution in [-0.2, 0) is 19.5 Å². The molecule has 0 atom stereocenters. The zero-order chi connectivity index (χ0) is 24.7. The number of amides is 1. The Morgan fingerprint density at radius 3 is 2.53 bits per heavy atom. The van der Waals surface area contributed by atoms with E-state index in [-0.39, 0.29) is 40.7 Å². The van der Waals surface area contributed by atoms with Crippen LogP contribution in [0.5, 0.6) is 5.75 Å². The predicted molar refractivity (Wildman–Crippen MR) is 124 cm³/mol. The average Bonchev–Trinajstić information content (AvgIpc) is 2.84. The molecule has 184 valence electrons. The topological polar surface area (TPSA) is 149 Å². The molecule has 1 amide bonds. The van der Waals surface area contributed by atoms with Crippen LogP contribution in [0.3, 0.4) is 0 Å². The van der Waals surface area contributed by atoms with Crippen molar-refractivity contribution in [3.8, 4) is 5.75 Å². The number of carbonyl (C=O) groups excluding carboxylic acids is 1. The minimum Gasteiger partial charge on any atom is -0.495 e. The molecule has 0 radical (unpaired) electrons. The standard InChI is InChI=1S/C21H26N4O8S/c1-31-10-7-22-18-5-3-15(25(27)28)13-17(18)21(26)23-19-14-16(4-6-20(19)32-2)34(29,30)24-8-11-33-12-9-24/h3-6,13-14,22H,7-12H2,1-2H3,(H,23,26). The average molecular weight is 495 g/mol. The summed E-state index contributed by atoms with van der Waals surface area (Å²) in [5, 5.41) is 16.9. The second-order valence-corrected chi connectivity index (χ2v) is 9.18. The quantitative estimate of drug-likeness (QED) is 0.287. The maximum atomic E-state index is 13.1. The summed E-state index contributed by atoms with van der Waals surface area (Å²) in [5.41, 5.74) is 0.208. The monoisotopic (exact) mass is 494 g/mol. The molecule has 1 aliphatic rings. The Bertz CT molecular complexity index is 1150. The lowest BCUT2D eigenvalue weighted by Gasteiger charge is -2.26. The Morgan fingerprint density at radius 1 is 1.15 bits per heavy atom. The first-order valence-corrected chi connectivity index (χ1v) is 11.8. The molecular formula is C21H26N4O8S. The Kier molecular flexibility index (Phi) is 8.39. The van der Waals surface area contributed by atoms with Gasteiger partial charge >= 0.3 is 0 Å². The zero-order valence-corrected chi connectivity index (χ0v) is 19.6. The molecule has 0 spiro atoms. The van der Waals surface area contributed by atoms with Crippen LogP contribution in [0.25, 0.3) is 0 Å². The summed E-state index contributed by atoms with van der Waals surface area (Å²) in [4.78, 5) is 23.8. The van der Waals surface area contributed by atoms with Gasteiger partial charge in [0, 0.05) is 44.6 Å². The molecule has 3 rings (SSSR count). The van der Waals surface area contributed by atoms with Crippen molar-refractivity contribution in [2.24, 2.45) is 0 Å². The fraction of sp³-hybridized carbons (Fsp3) is 0.381. The molecule has 0 unspecified atom stereocenters. The first-order valence-electron chi connectivity index (χ1n) is 10.4. The molecule has 34 heavy (non-hydrogen) atoms. The molecule has 0 aromatic heterocycles. The van der Waals surface area contributed by atoms with Crippen molar-refractivity contribution in [3.05, 3.63) is 52.1 Å². The minimum atomic E-state index is -3.82. The van der Waals surface area contributed by atoms with Crippen LogP contribution in [0.15, 0.2) is 41.3 Å². The number of sulfonamides is 1. The molecule has 12 nitrogen and oxygen atoms in total. The van der Waals surface area contributed by atoms with Gasteiger partial charge in [-0.3, -0.25) is 14.9 Å². The highest BCUT2D eigenvalue weighted by Crippen LogP contribution is 2.31. The van der Waals surface area contributed by atoms with Gasteiger partial charge in [-0.1, -0.05) is 0 Å². The van der Waals surface area contributed by atoms with Gasteiger partial charge in [0.1, 0.15) is 5.75 Å². The van der Waals surface area contributed by atoms with Crippen LogP contribution in [-0.4, -0.2) is 77.2 Å². The van der Waals surface area contributed by atoms with Crippen LogP contribution in [0, 0.1) is 10.1 Å². The first-order chi connectivity index (χ1) is 16.3. The number of hydrogen-bond donors (Lipinski definition) is 2. The van der Waals surface area contributed by atoms with E-state index in [2.05, 4.69) is 10.6 Å². The number of nitrogens with one attached hydrogen (secondary N) is 2. The highest BCUT2D eigenvalue weighted by Gasteiger charge is 2.27. The summed E-state index contributed by atoms with van der Waals surface area (Å²) in [6.07, 6.45) is 0. The van der Waals surface area contributed by atoms with Gasteiger partial charge in [-0.05, 0) is 24.3 Å². The molecule has 2 N–H and O–H groups in total. The number of anilines is 2. The van der Waals surface area contributed by atoms with E-state index in [1.165, 1.54) is 48.9 Å². The molecule has 1 saturated heterocycles. The van der Waals surface area contributed by atoms with Gasteiger partial charge in [0.15, 0.2) is 0 Å². The van der Waals surface area contributed by atoms with E-state index in [1.807, 2.05) is 0 Å². The second-order valence-electron chi connectivity index (χ2n) is 7.24. The summed E-state index contributed by atoms with van der Waals surface area (Å²) in [6, 6.07) is 7.99. The number of benzene rings is 2. The van der Waals surface area contributed by atoms with E-state index < -0.39 is 20.9 Å². The summed E-state index contributed by atoms with van der Waals surface area (Å²) >= 11 is 0. The van der Waals surface area contributed by atoms with Gasteiger partial charge in [0.25, 0.3) is 11.6 Å². The largest absolute Gasteiger partial charge is 0.495 e. The third kappa shape index (κ3) is 5.80. The van der Waals surface area contributed by atoms with E-state index in [0.717, 1.165) is 6.07 Å². The van der Waals surface area contributed by atoms with Crippen LogP contribution in [0.2, 0.25) is 0 Å². The van der Waals surface area contributed by atoms with Gasteiger partial charge in [0.2, 0.25) is 10.0 Å². The van der Waals surface area contributed by atoms with Crippen molar-refractivity contribution in [3.63, 3.8) is 0 Å². The number of nitrogens with zero attached hydrogens (tertiary/aromatic N) is 2. The SMILES string of the molecule is COCCNc1ccc([N+](=O)[O-])cc1C(=O)Nc1cc(S(=O)(=O)N2CCOCC2)ccc1OC. The molecule has 1 heterocycles. The molecule has 2 aromatic rings. The van der Waals surface area contributed by atoms with Gasteiger partial charge in [-0.15, -0.1) is 0 Å². The summed E-state index contributed by atoms with van der Waals surface area (Å²) < 4.78 is 42.9. The van der Waals surface area contributed by atoms with Crippen molar-refractivity contribution < 1.29 is 32.3 Å². The van der Waals surface area contributed by atoms with Gasteiger partial charge in [0.05, 0.1) is 48.0 Å². The molecule has 0 saturated carbocycles. The van der Waals surface area contributed by atoms with Crippen molar-refractivity contribution in [2.45, 2.75) is 4.90 Å². The fourth-order valence-corrected chi connectivity index (χ4v) is 4.78.